The summed E-state index contributed by atoms with van der Waals surface area (Å²) in [5, 5.41) is 20.5. The van der Waals surface area contributed by atoms with Crippen LogP contribution in [0.2, 0.25) is 0 Å². The van der Waals surface area contributed by atoms with E-state index in [2.05, 4.69) is 5.32 Å². The minimum absolute atomic E-state index is 0.0106. The lowest BCUT2D eigenvalue weighted by atomic mass is 10.0. The molecule has 1 aromatic rings. The molecule has 1 rings (SSSR count). The molecule has 0 aliphatic heterocycles. The number of alkyl halides is 3. The molecule has 3 N–H and O–H groups in total. The fourth-order valence-electron chi connectivity index (χ4n) is 1.82. The molecule has 0 bridgehead atoms. The van der Waals surface area contributed by atoms with Crippen LogP contribution in [0.5, 0.6) is 5.75 Å². The molecule has 1 atom stereocenters. The maximum absolute atomic E-state index is 12.8. The molecule has 24 heavy (non-hydrogen) atoms. The summed E-state index contributed by atoms with van der Waals surface area (Å²) in [5.41, 5.74) is -2.14. The van der Waals surface area contributed by atoms with Crippen molar-refractivity contribution in [2.75, 3.05) is 0 Å². The number of carbonyl (C=O) groups excluding carboxylic acids is 1. The molecule has 0 aliphatic carbocycles. The Balaban J connectivity index is 2.94. The summed E-state index contributed by atoms with van der Waals surface area (Å²) in [5.74, 6) is -2.39. The van der Waals surface area contributed by atoms with Gasteiger partial charge in [0.1, 0.15) is 17.4 Å². The molecular weight excluding hydrogens is 331 g/mol. The molecule has 0 spiro atoms. The highest BCUT2D eigenvalue weighted by Crippen LogP contribution is 2.36. The molecule has 0 radical (unpaired) electrons. The molecule has 1 aromatic carbocycles. The molecule has 134 valence electrons. The topological polar surface area (TPSA) is 95.9 Å². The quantitative estimate of drug-likeness (QED) is 0.777. The molecule has 0 fully saturated rings. The van der Waals surface area contributed by atoms with Crippen molar-refractivity contribution in [3.63, 3.8) is 0 Å². The smallest absolute Gasteiger partial charge is 0.419 e. The van der Waals surface area contributed by atoms with E-state index >= 15 is 0 Å². The number of hydrogen-bond donors (Lipinski definition) is 3. The van der Waals surface area contributed by atoms with E-state index in [9.17, 15) is 27.9 Å². The van der Waals surface area contributed by atoms with Gasteiger partial charge >= 0.3 is 18.2 Å². The lowest BCUT2D eigenvalue weighted by Gasteiger charge is -2.22. The van der Waals surface area contributed by atoms with Crippen LogP contribution in [-0.2, 0) is 22.1 Å². The zero-order chi connectivity index (χ0) is 18.7. The molecule has 0 aliphatic rings. The first-order valence-electron chi connectivity index (χ1n) is 6.91. The number of phenolic OH excluding ortho intramolecular Hbond substituents is 1. The predicted molar refractivity (Wildman–Crippen MR) is 77.6 cm³/mol. The van der Waals surface area contributed by atoms with Crippen LogP contribution in [0.1, 0.15) is 31.9 Å². The van der Waals surface area contributed by atoms with Crippen molar-refractivity contribution >= 4 is 12.1 Å². The molecule has 0 saturated heterocycles. The van der Waals surface area contributed by atoms with Crippen LogP contribution in [-0.4, -0.2) is 33.9 Å². The predicted octanol–water partition coefficient (Wildman–Crippen LogP) is 2.93. The molecule has 0 heterocycles. The summed E-state index contributed by atoms with van der Waals surface area (Å²) in [4.78, 5) is 22.8. The van der Waals surface area contributed by atoms with Gasteiger partial charge in [-0.05, 0) is 38.5 Å². The Kier molecular flexibility index (Phi) is 5.70. The molecule has 0 saturated carbocycles. The number of ether oxygens (including phenoxy) is 1. The number of hydrogen-bond acceptors (Lipinski definition) is 4. The van der Waals surface area contributed by atoms with Crippen LogP contribution in [0.4, 0.5) is 18.0 Å². The monoisotopic (exact) mass is 349 g/mol. The fourth-order valence-corrected chi connectivity index (χ4v) is 1.82. The van der Waals surface area contributed by atoms with Crippen LogP contribution in [0, 0.1) is 0 Å². The van der Waals surface area contributed by atoms with Gasteiger partial charge in [0.2, 0.25) is 0 Å². The van der Waals surface area contributed by atoms with Crippen molar-refractivity contribution in [2.45, 2.75) is 45.0 Å². The number of nitrogens with one attached hydrogen (secondary N) is 1. The molecule has 1 unspecified atom stereocenters. The van der Waals surface area contributed by atoms with Gasteiger partial charge in [0.15, 0.2) is 0 Å². The van der Waals surface area contributed by atoms with Gasteiger partial charge in [-0.1, -0.05) is 6.07 Å². The summed E-state index contributed by atoms with van der Waals surface area (Å²) < 4.78 is 43.2. The fraction of sp³-hybridized carbons (Fsp3) is 0.467. The van der Waals surface area contributed by atoms with E-state index in [4.69, 9.17) is 9.84 Å². The van der Waals surface area contributed by atoms with E-state index in [0.717, 1.165) is 12.1 Å². The average Bonchev–Trinajstić information content (AvgIpc) is 2.36. The van der Waals surface area contributed by atoms with Crippen molar-refractivity contribution in [1.82, 2.24) is 5.32 Å². The van der Waals surface area contributed by atoms with E-state index in [1.165, 1.54) is 0 Å². The number of phenols is 1. The summed E-state index contributed by atoms with van der Waals surface area (Å²) >= 11 is 0. The van der Waals surface area contributed by atoms with E-state index < -0.39 is 47.6 Å². The number of halogens is 3. The third-order valence-corrected chi connectivity index (χ3v) is 2.80. The number of carbonyl (C=O) groups is 2. The van der Waals surface area contributed by atoms with Crippen molar-refractivity contribution in [3.05, 3.63) is 29.3 Å². The third-order valence-electron chi connectivity index (χ3n) is 2.80. The standard InChI is InChI=1S/C15H18F3NO5/c1-14(2,3)24-13(23)19-10(12(21)22)7-8-4-5-11(20)9(6-8)15(16,17)18/h4-6,10,20H,7H2,1-3H3,(H,19,23)(H,21,22). The molecular formula is C15H18F3NO5. The number of carboxylic acids is 1. The van der Waals surface area contributed by atoms with Gasteiger partial charge in [0, 0.05) is 6.42 Å². The van der Waals surface area contributed by atoms with Gasteiger partial charge in [0.25, 0.3) is 0 Å². The zero-order valence-corrected chi connectivity index (χ0v) is 13.3. The van der Waals surface area contributed by atoms with E-state index in [-0.39, 0.29) is 5.56 Å². The van der Waals surface area contributed by atoms with Crippen molar-refractivity contribution in [3.8, 4) is 5.75 Å². The maximum atomic E-state index is 12.8. The number of alkyl carbamates (subject to hydrolysis) is 1. The highest BCUT2D eigenvalue weighted by molar-refractivity contribution is 5.80. The summed E-state index contributed by atoms with van der Waals surface area (Å²) in [6.45, 7) is 4.74. The summed E-state index contributed by atoms with van der Waals surface area (Å²) in [6.07, 6.45) is -6.18. The first-order valence-corrected chi connectivity index (χ1v) is 6.91. The Labute approximate surface area is 136 Å². The number of rotatable bonds is 4. The Morgan fingerprint density at radius 2 is 1.83 bits per heavy atom. The highest BCUT2D eigenvalue weighted by atomic mass is 19.4. The normalized spacial score (nSPS) is 13.2. The number of aromatic hydroxyl groups is 1. The third kappa shape index (κ3) is 5.98. The van der Waals surface area contributed by atoms with Crippen molar-refractivity contribution in [2.24, 2.45) is 0 Å². The lowest BCUT2D eigenvalue weighted by Crippen LogP contribution is -2.44. The van der Waals surface area contributed by atoms with Gasteiger partial charge in [-0.3, -0.25) is 0 Å². The Hall–Kier alpha value is -2.45. The molecule has 6 nitrogen and oxygen atoms in total. The maximum Gasteiger partial charge on any atom is 0.419 e. The lowest BCUT2D eigenvalue weighted by molar-refractivity contribution is -0.139. The Bertz CT molecular complexity index is 623. The largest absolute Gasteiger partial charge is 0.507 e. The number of carboxylic acid groups (broad SMARTS) is 1. The van der Waals surface area contributed by atoms with Gasteiger partial charge in [0.05, 0.1) is 5.56 Å². The Morgan fingerprint density at radius 3 is 2.29 bits per heavy atom. The molecule has 0 aromatic heterocycles. The van der Waals surface area contributed by atoms with Crippen LogP contribution in [0.25, 0.3) is 0 Å². The van der Waals surface area contributed by atoms with Crippen LogP contribution >= 0.6 is 0 Å². The van der Waals surface area contributed by atoms with E-state index in [0.29, 0.717) is 6.07 Å². The number of amides is 1. The number of benzene rings is 1. The van der Waals surface area contributed by atoms with Gasteiger partial charge in [-0.15, -0.1) is 0 Å². The minimum Gasteiger partial charge on any atom is -0.507 e. The molecule has 1 amide bonds. The van der Waals surface area contributed by atoms with Crippen molar-refractivity contribution < 1.29 is 37.7 Å². The minimum atomic E-state index is -4.78. The van der Waals surface area contributed by atoms with Gasteiger partial charge in [-0.25, -0.2) is 9.59 Å². The summed E-state index contributed by atoms with van der Waals surface area (Å²) in [6, 6.07) is 1.13. The highest BCUT2D eigenvalue weighted by Gasteiger charge is 2.34. The Morgan fingerprint density at radius 1 is 1.25 bits per heavy atom. The van der Waals surface area contributed by atoms with E-state index in [1.807, 2.05) is 0 Å². The first-order chi connectivity index (χ1) is 10.8. The van der Waals surface area contributed by atoms with Crippen LogP contribution < -0.4 is 5.32 Å². The second-order valence-corrected chi connectivity index (χ2v) is 6.09. The SMILES string of the molecule is CC(C)(C)OC(=O)NC(Cc1ccc(O)c(C(F)(F)F)c1)C(=O)O. The van der Waals surface area contributed by atoms with Crippen molar-refractivity contribution in [1.29, 1.82) is 0 Å². The summed E-state index contributed by atoms with van der Waals surface area (Å²) in [7, 11) is 0. The zero-order valence-electron chi connectivity index (χ0n) is 13.3. The number of aliphatic carboxylic acids is 1. The van der Waals surface area contributed by atoms with Gasteiger partial charge in [-0.2, -0.15) is 13.2 Å². The van der Waals surface area contributed by atoms with Crippen LogP contribution in [0.15, 0.2) is 18.2 Å². The average molecular weight is 349 g/mol. The second-order valence-electron chi connectivity index (χ2n) is 6.09. The van der Waals surface area contributed by atoms with Crippen LogP contribution in [0.3, 0.4) is 0 Å². The van der Waals surface area contributed by atoms with Gasteiger partial charge < -0.3 is 20.3 Å². The first kappa shape index (κ1) is 19.6. The molecule has 9 heteroatoms. The second kappa shape index (κ2) is 6.98. The van der Waals surface area contributed by atoms with E-state index in [1.54, 1.807) is 20.8 Å².